The van der Waals surface area contributed by atoms with Gasteiger partial charge < -0.3 is 30.6 Å². The number of carbonyl (C=O) groups excluding carboxylic acids is 2. The number of alkyl halides is 3. The summed E-state index contributed by atoms with van der Waals surface area (Å²) in [5.74, 6) is -3.16. The van der Waals surface area contributed by atoms with Crippen molar-refractivity contribution in [2.75, 3.05) is 30.5 Å². The number of rotatable bonds is 7. The van der Waals surface area contributed by atoms with E-state index in [0.717, 1.165) is 17.5 Å². The summed E-state index contributed by atoms with van der Waals surface area (Å²) in [4.78, 5) is 40.7. The molecule has 20 heteroatoms. The molecule has 2 aromatic carbocycles. The maximum Gasteiger partial charge on any atom is 0.490 e. The number of nitrogen functional groups attached to an aromatic ring is 1. The van der Waals surface area contributed by atoms with E-state index in [1.54, 1.807) is 35.5 Å². The minimum absolute atomic E-state index is 0.0618. The van der Waals surface area contributed by atoms with E-state index in [-0.39, 0.29) is 29.7 Å². The molecule has 1 aliphatic rings. The molecule has 2 amide bonds. The van der Waals surface area contributed by atoms with Crippen LogP contribution in [-0.4, -0.2) is 86.1 Å². The fourth-order valence-electron chi connectivity index (χ4n) is 4.82. The summed E-state index contributed by atoms with van der Waals surface area (Å²) in [6.45, 7) is 0.506. The van der Waals surface area contributed by atoms with Crippen molar-refractivity contribution >= 4 is 50.3 Å². The summed E-state index contributed by atoms with van der Waals surface area (Å²) in [7, 11) is -1.89. The fourth-order valence-corrected chi connectivity index (χ4v) is 5.17. The number of nitrogens with zero attached hydrogens (tertiary/aromatic N) is 7. The second-order valence-corrected chi connectivity index (χ2v) is 12.6. The van der Waals surface area contributed by atoms with Gasteiger partial charge in [0.1, 0.15) is 11.5 Å². The van der Waals surface area contributed by atoms with Crippen LogP contribution in [0.5, 0.6) is 0 Å². The quantitative estimate of drug-likeness (QED) is 0.224. The number of imidazole rings is 1. The van der Waals surface area contributed by atoms with Crippen LogP contribution in [-0.2, 0) is 27.8 Å². The molecule has 252 valence electrons. The van der Waals surface area contributed by atoms with Gasteiger partial charge in [-0.25, -0.2) is 22.9 Å². The van der Waals surface area contributed by atoms with Gasteiger partial charge in [-0.2, -0.15) is 22.6 Å². The third-order valence-electron chi connectivity index (χ3n) is 7.28. The lowest BCUT2D eigenvalue weighted by Crippen LogP contribution is -2.30. The standard InChI is InChI=1S/C26H25N9O5S.C2HF3O2/c1-32(41(2,38)39)14-23-29-8-10-33(23)16-3-5-20-15(11-16)7-9-34(20)26(37)21-13-19(25(28)36)30-35(21)17-4-6-22-18(12-17)24(27)31-40-22;3-2(4,5)1(6)7/h3-6,8,10-13H,7,9,14H2,1-2H3,(H2,27,31)(H2,28,36);(H,6,7). The summed E-state index contributed by atoms with van der Waals surface area (Å²) < 4.78 is 65.1. The number of carboxylic acid groups (broad SMARTS) is 1. The molecule has 0 spiro atoms. The summed E-state index contributed by atoms with van der Waals surface area (Å²) in [5, 5.41) is 15.7. The van der Waals surface area contributed by atoms with Gasteiger partial charge in [-0.05, 0) is 48.4 Å². The number of aromatic nitrogens is 5. The highest BCUT2D eigenvalue weighted by Gasteiger charge is 2.38. The Bertz CT molecular complexity index is 2170. The van der Waals surface area contributed by atoms with E-state index in [0.29, 0.717) is 41.1 Å². The Balaban J connectivity index is 0.000000582. The highest BCUT2D eigenvalue weighted by atomic mass is 32.2. The monoisotopic (exact) mass is 689 g/mol. The predicted octanol–water partition coefficient (Wildman–Crippen LogP) is 2.11. The molecule has 4 heterocycles. The van der Waals surface area contributed by atoms with Crippen LogP contribution < -0.4 is 16.4 Å². The van der Waals surface area contributed by atoms with Crippen molar-refractivity contribution in [1.82, 2.24) is 28.8 Å². The van der Waals surface area contributed by atoms with Crippen LogP contribution in [0.15, 0.2) is 59.4 Å². The van der Waals surface area contributed by atoms with E-state index in [1.807, 2.05) is 22.8 Å². The second kappa shape index (κ2) is 12.4. The zero-order valence-electron chi connectivity index (χ0n) is 25.0. The van der Waals surface area contributed by atoms with Crippen molar-refractivity contribution in [3.05, 3.63) is 77.6 Å². The first-order valence-corrected chi connectivity index (χ1v) is 15.5. The largest absolute Gasteiger partial charge is 0.490 e. The first kappa shape index (κ1) is 33.6. The average Bonchev–Trinajstić information content (AvgIpc) is 3.81. The number of carbonyl (C=O) groups is 3. The van der Waals surface area contributed by atoms with Crippen LogP contribution in [0.3, 0.4) is 0 Å². The molecule has 0 bridgehead atoms. The number of hydrogen-bond donors (Lipinski definition) is 3. The molecule has 0 unspecified atom stereocenters. The Morgan fingerprint density at radius 3 is 2.44 bits per heavy atom. The normalized spacial score (nSPS) is 13.0. The number of anilines is 2. The van der Waals surface area contributed by atoms with Crippen LogP contribution in [0.1, 0.15) is 32.4 Å². The summed E-state index contributed by atoms with van der Waals surface area (Å²) in [5.41, 5.74) is 14.9. The van der Waals surface area contributed by atoms with Crippen LogP contribution in [0.4, 0.5) is 24.7 Å². The second-order valence-electron chi connectivity index (χ2n) is 10.5. The zero-order valence-corrected chi connectivity index (χ0v) is 25.9. The number of aliphatic carboxylic acids is 1. The van der Waals surface area contributed by atoms with Gasteiger partial charge in [0, 0.05) is 43.4 Å². The topological polar surface area (TPSA) is 226 Å². The maximum atomic E-state index is 13.9. The van der Waals surface area contributed by atoms with Crippen LogP contribution in [0.25, 0.3) is 22.3 Å². The molecule has 48 heavy (non-hydrogen) atoms. The van der Waals surface area contributed by atoms with Gasteiger partial charge in [0.05, 0.1) is 23.9 Å². The summed E-state index contributed by atoms with van der Waals surface area (Å²) in [6.07, 6.45) is 0.00883. The first-order chi connectivity index (χ1) is 22.5. The maximum absolute atomic E-state index is 13.9. The number of carboxylic acids is 1. The van der Waals surface area contributed by atoms with E-state index in [1.165, 1.54) is 22.1 Å². The lowest BCUT2D eigenvalue weighted by atomic mass is 10.1. The molecule has 3 aromatic heterocycles. The van der Waals surface area contributed by atoms with E-state index in [9.17, 15) is 31.2 Å². The van der Waals surface area contributed by atoms with Gasteiger partial charge in [0.2, 0.25) is 10.0 Å². The minimum Gasteiger partial charge on any atom is -0.475 e. The molecule has 5 N–H and O–H groups in total. The average molecular weight is 690 g/mol. The Kier molecular flexibility index (Phi) is 8.71. The van der Waals surface area contributed by atoms with E-state index in [4.69, 9.17) is 25.9 Å². The molecule has 5 aromatic rings. The van der Waals surface area contributed by atoms with Crippen molar-refractivity contribution in [2.45, 2.75) is 19.1 Å². The van der Waals surface area contributed by atoms with Crippen molar-refractivity contribution in [2.24, 2.45) is 5.73 Å². The zero-order chi connectivity index (χ0) is 35.1. The third kappa shape index (κ3) is 6.69. The number of halogens is 3. The van der Waals surface area contributed by atoms with Crippen molar-refractivity contribution in [3.63, 3.8) is 0 Å². The third-order valence-corrected chi connectivity index (χ3v) is 8.54. The van der Waals surface area contributed by atoms with E-state index < -0.39 is 28.1 Å². The Morgan fingerprint density at radius 2 is 1.79 bits per heavy atom. The number of nitrogens with two attached hydrogens (primary N) is 2. The van der Waals surface area contributed by atoms with E-state index in [2.05, 4.69) is 15.2 Å². The van der Waals surface area contributed by atoms with Gasteiger partial charge in [-0.15, -0.1) is 0 Å². The molecule has 16 nitrogen and oxygen atoms in total. The smallest absolute Gasteiger partial charge is 0.475 e. The number of hydrogen-bond acceptors (Lipinski definition) is 10. The lowest BCUT2D eigenvalue weighted by Gasteiger charge is -2.19. The molecule has 0 radical (unpaired) electrons. The van der Waals surface area contributed by atoms with Crippen molar-refractivity contribution in [3.8, 4) is 11.4 Å². The Morgan fingerprint density at radius 1 is 1.10 bits per heavy atom. The number of fused-ring (bicyclic) bond motifs is 2. The molecule has 0 aliphatic carbocycles. The van der Waals surface area contributed by atoms with Crippen LogP contribution in [0.2, 0.25) is 0 Å². The molecule has 1 aliphatic heterocycles. The van der Waals surface area contributed by atoms with E-state index >= 15 is 0 Å². The number of benzene rings is 2. The molecule has 0 fully saturated rings. The van der Waals surface area contributed by atoms with Crippen LogP contribution in [0, 0.1) is 0 Å². The molecular weight excluding hydrogens is 663 g/mol. The number of amides is 2. The van der Waals surface area contributed by atoms with Crippen LogP contribution >= 0.6 is 0 Å². The Labute approximate surface area is 269 Å². The highest BCUT2D eigenvalue weighted by molar-refractivity contribution is 7.88. The van der Waals surface area contributed by atoms with Gasteiger partial charge in [-0.1, -0.05) is 5.16 Å². The van der Waals surface area contributed by atoms with Crippen molar-refractivity contribution < 1.29 is 45.6 Å². The summed E-state index contributed by atoms with van der Waals surface area (Å²) >= 11 is 0. The lowest BCUT2D eigenvalue weighted by molar-refractivity contribution is -0.192. The van der Waals surface area contributed by atoms with Gasteiger partial charge in [-0.3, -0.25) is 9.59 Å². The van der Waals surface area contributed by atoms with Gasteiger partial charge in [0.25, 0.3) is 11.8 Å². The molecular formula is C28H26F3N9O7S. The minimum atomic E-state index is -5.08. The summed E-state index contributed by atoms with van der Waals surface area (Å²) in [6, 6.07) is 12.0. The first-order valence-electron chi connectivity index (χ1n) is 13.7. The highest BCUT2D eigenvalue weighted by Crippen LogP contribution is 2.33. The molecule has 0 atom stereocenters. The van der Waals surface area contributed by atoms with Gasteiger partial charge >= 0.3 is 12.1 Å². The Hall–Kier alpha value is -5.76. The van der Waals surface area contributed by atoms with Crippen molar-refractivity contribution in [1.29, 1.82) is 0 Å². The number of sulfonamides is 1. The predicted molar refractivity (Wildman–Crippen MR) is 163 cm³/mol. The fraction of sp³-hybridized carbons (Fsp3) is 0.214. The molecule has 6 rings (SSSR count). The van der Waals surface area contributed by atoms with Gasteiger partial charge in [0.15, 0.2) is 17.1 Å². The molecule has 0 saturated carbocycles. The molecule has 0 saturated heterocycles. The SMILES string of the molecule is CN(Cc1nccn1-c1ccc2c(c1)CCN2C(=O)c1cc(C(N)=O)nn1-c1ccc2onc(N)c2c1)S(C)(=O)=O.O=C(O)C(F)(F)F. The number of primary amides is 1.